The standard InChI is InChI=1S/C28H29N5O4S/c1-36-23-12-11-22(33-14-16-37-17-15-33)26-25(23)32-28(38-26)31-24(34)13-8-18-6-9-19(10-7-18)27(35)30-21-5-3-2-4-20(21)29/h2-7,9-12H,8,13-17,29H2,1H3,(H,30,35)(H,31,32,34). The number of hydrogen-bond acceptors (Lipinski definition) is 8. The van der Waals surface area contributed by atoms with E-state index in [1.165, 1.54) is 11.3 Å². The van der Waals surface area contributed by atoms with Gasteiger partial charge in [-0.2, -0.15) is 0 Å². The van der Waals surface area contributed by atoms with E-state index in [4.69, 9.17) is 15.2 Å². The quantitative estimate of drug-likeness (QED) is 0.286. The second kappa shape index (κ2) is 11.5. The van der Waals surface area contributed by atoms with Crippen LogP contribution in [0.1, 0.15) is 22.3 Å². The van der Waals surface area contributed by atoms with E-state index in [2.05, 4.69) is 20.5 Å². The molecular formula is C28H29N5O4S. The normalized spacial score (nSPS) is 13.3. The molecule has 1 aliphatic heterocycles. The molecule has 9 nitrogen and oxygen atoms in total. The Hall–Kier alpha value is -4.15. The number of nitrogens with zero attached hydrogens (tertiary/aromatic N) is 2. The fourth-order valence-corrected chi connectivity index (χ4v) is 5.35. The van der Waals surface area contributed by atoms with E-state index in [1.807, 2.05) is 36.4 Å². The topological polar surface area (TPSA) is 119 Å². The van der Waals surface area contributed by atoms with Gasteiger partial charge in [0, 0.05) is 25.1 Å². The number of amides is 2. The molecule has 1 aromatic heterocycles. The van der Waals surface area contributed by atoms with Crippen molar-refractivity contribution in [3.05, 3.63) is 71.8 Å². The van der Waals surface area contributed by atoms with Gasteiger partial charge in [-0.25, -0.2) is 4.98 Å². The van der Waals surface area contributed by atoms with Gasteiger partial charge in [0.1, 0.15) is 11.3 Å². The second-order valence-corrected chi connectivity index (χ2v) is 9.87. The van der Waals surface area contributed by atoms with E-state index in [1.54, 1.807) is 31.4 Å². The first-order valence-electron chi connectivity index (χ1n) is 12.4. The molecule has 1 saturated heterocycles. The third-order valence-corrected chi connectivity index (χ3v) is 7.36. The number of para-hydroxylation sites is 2. The lowest BCUT2D eigenvalue weighted by Gasteiger charge is -2.29. The summed E-state index contributed by atoms with van der Waals surface area (Å²) in [5.41, 5.74) is 10.3. The molecule has 0 unspecified atom stereocenters. The Kier molecular flexibility index (Phi) is 7.71. The van der Waals surface area contributed by atoms with Crippen molar-refractivity contribution in [1.29, 1.82) is 0 Å². The average Bonchev–Trinajstić information content (AvgIpc) is 3.37. The molecular weight excluding hydrogens is 502 g/mol. The SMILES string of the molecule is COc1ccc(N2CCOCC2)c2sc(NC(=O)CCc3ccc(C(=O)Nc4ccccc4N)cc3)nc12. The van der Waals surface area contributed by atoms with Gasteiger partial charge in [0.15, 0.2) is 5.13 Å². The summed E-state index contributed by atoms with van der Waals surface area (Å²) < 4.78 is 12.0. The smallest absolute Gasteiger partial charge is 0.255 e. The highest BCUT2D eigenvalue weighted by molar-refractivity contribution is 7.23. The van der Waals surface area contributed by atoms with Crippen LogP contribution in [0.5, 0.6) is 5.75 Å². The molecule has 196 valence electrons. The van der Waals surface area contributed by atoms with E-state index in [9.17, 15) is 9.59 Å². The van der Waals surface area contributed by atoms with Crippen LogP contribution in [0.25, 0.3) is 10.2 Å². The van der Waals surface area contributed by atoms with Crippen LogP contribution in [0.4, 0.5) is 22.2 Å². The first-order valence-corrected chi connectivity index (χ1v) is 13.2. The van der Waals surface area contributed by atoms with Gasteiger partial charge in [0.25, 0.3) is 5.91 Å². The van der Waals surface area contributed by atoms with E-state index >= 15 is 0 Å². The van der Waals surface area contributed by atoms with Gasteiger partial charge >= 0.3 is 0 Å². The minimum Gasteiger partial charge on any atom is -0.494 e. The Morgan fingerprint density at radius 1 is 1.05 bits per heavy atom. The van der Waals surface area contributed by atoms with Crippen LogP contribution in [0.15, 0.2) is 60.7 Å². The van der Waals surface area contributed by atoms with Gasteiger partial charge < -0.3 is 30.7 Å². The van der Waals surface area contributed by atoms with Gasteiger partial charge in [-0.3, -0.25) is 9.59 Å². The maximum atomic E-state index is 12.7. The summed E-state index contributed by atoms with van der Waals surface area (Å²) in [5.74, 6) is 0.306. The van der Waals surface area contributed by atoms with Crippen molar-refractivity contribution in [3.8, 4) is 5.75 Å². The number of aryl methyl sites for hydroxylation is 1. The lowest BCUT2D eigenvalue weighted by atomic mass is 10.1. The highest BCUT2D eigenvalue weighted by atomic mass is 32.1. The fourth-order valence-electron chi connectivity index (χ4n) is 4.31. The molecule has 10 heteroatoms. The van der Waals surface area contributed by atoms with E-state index in [0.29, 0.717) is 47.5 Å². The zero-order valence-electron chi connectivity index (χ0n) is 21.0. The fraction of sp³-hybridized carbons (Fsp3) is 0.250. The zero-order valence-corrected chi connectivity index (χ0v) is 21.8. The van der Waals surface area contributed by atoms with Gasteiger partial charge in [-0.15, -0.1) is 0 Å². The van der Waals surface area contributed by atoms with E-state index < -0.39 is 0 Å². The monoisotopic (exact) mass is 531 g/mol. The maximum absolute atomic E-state index is 12.7. The van der Waals surface area contributed by atoms with Crippen molar-refractivity contribution in [3.63, 3.8) is 0 Å². The first-order chi connectivity index (χ1) is 18.5. The van der Waals surface area contributed by atoms with Crippen LogP contribution in [-0.4, -0.2) is 50.2 Å². The molecule has 2 heterocycles. The summed E-state index contributed by atoms with van der Waals surface area (Å²) in [6, 6.07) is 18.3. The van der Waals surface area contributed by atoms with E-state index in [-0.39, 0.29) is 18.2 Å². The third-order valence-electron chi connectivity index (χ3n) is 6.37. The van der Waals surface area contributed by atoms with Gasteiger partial charge in [-0.05, 0) is 48.4 Å². The number of ether oxygens (including phenoxy) is 2. The molecule has 1 aliphatic rings. The Morgan fingerprint density at radius 3 is 2.55 bits per heavy atom. The van der Waals surface area contributed by atoms with Crippen molar-refractivity contribution >= 4 is 55.6 Å². The number of aromatic nitrogens is 1. The summed E-state index contributed by atoms with van der Waals surface area (Å²) in [4.78, 5) is 32.2. The number of hydrogen-bond donors (Lipinski definition) is 3. The van der Waals surface area contributed by atoms with Crippen molar-refractivity contribution in [2.75, 3.05) is 54.7 Å². The first kappa shape index (κ1) is 25.5. The van der Waals surface area contributed by atoms with Crippen LogP contribution in [-0.2, 0) is 16.0 Å². The summed E-state index contributed by atoms with van der Waals surface area (Å²) in [6.45, 7) is 2.98. The Bertz CT molecular complexity index is 1450. The molecule has 0 bridgehead atoms. The number of rotatable bonds is 8. The number of nitrogens with two attached hydrogens (primary N) is 1. The number of anilines is 4. The maximum Gasteiger partial charge on any atom is 0.255 e. The Morgan fingerprint density at radius 2 is 1.82 bits per heavy atom. The van der Waals surface area contributed by atoms with Crippen LogP contribution < -0.4 is 26.0 Å². The van der Waals surface area contributed by atoms with E-state index in [0.717, 1.165) is 34.6 Å². The number of nitrogens with one attached hydrogen (secondary N) is 2. The summed E-state index contributed by atoms with van der Waals surface area (Å²) in [6.07, 6.45) is 0.822. The number of carbonyl (C=O) groups excluding carboxylic acids is 2. The van der Waals surface area contributed by atoms with Crippen molar-refractivity contribution in [2.45, 2.75) is 12.8 Å². The van der Waals surface area contributed by atoms with Gasteiger partial charge in [0.2, 0.25) is 5.91 Å². The molecule has 38 heavy (non-hydrogen) atoms. The number of fused-ring (bicyclic) bond motifs is 1. The molecule has 0 aliphatic carbocycles. The summed E-state index contributed by atoms with van der Waals surface area (Å²) >= 11 is 1.44. The molecule has 5 rings (SSSR count). The number of carbonyl (C=O) groups is 2. The number of morpholine rings is 1. The predicted molar refractivity (Wildman–Crippen MR) is 151 cm³/mol. The largest absolute Gasteiger partial charge is 0.494 e. The van der Waals surface area contributed by atoms with Gasteiger partial charge in [-0.1, -0.05) is 35.6 Å². The lowest BCUT2D eigenvalue weighted by Crippen LogP contribution is -2.36. The van der Waals surface area contributed by atoms with Crippen LogP contribution in [0, 0.1) is 0 Å². The van der Waals surface area contributed by atoms with Crippen molar-refractivity contribution in [2.24, 2.45) is 0 Å². The second-order valence-electron chi connectivity index (χ2n) is 8.87. The van der Waals surface area contributed by atoms with Crippen LogP contribution in [0.2, 0.25) is 0 Å². The molecule has 3 aromatic carbocycles. The number of nitrogen functional groups attached to an aromatic ring is 1. The van der Waals surface area contributed by atoms with Crippen LogP contribution in [0.3, 0.4) is 0 Å². The summed E-state index contributed by atoms with van der Waals surface area (Å²) in [7, 11) is 1.62. The van der Waals surface area contributed by atoms with Crippen molar-refractivity contribution < 1.29 is 19.1 Å². The number of benzene rings is 3. The van der Waals surface area contributed by atoms with Crippen LogP contribution >= 0.6 is 11.3 Å². The molecule has 4 aromatic rings. The zero-order chi connectivity index (χ0) is 26.5. The molecule has 2 amide bonds. The van der Waals surface area contributed by atoms with Gasteiger partial charge in [0.05, 0.1) is 42.1 Å². The Balaban J connectivity index is 1.21. The average molecular weight is 532 g/mol. The molecule has 1 fully saturated rings. The highest BCUT2D eigenvalue weighted by Crippen LogP contribution is 2.39. The molecule has 0 saturated carbocycles. The summed E-state index contributed by atoms with van der Waals surface area (Å²) in [5, 5.41) is 6.29. The molecule has 0 radical (unpaired) electrons. The highest BCUT2D eigenvalue weighted by Gasteiger charge is 2.20. The predicted octanol–water partition coefficient (Wildman–Crippen LogP) is 4.55. The Labute approximate surface area is 224 Å². The minimum atomic E-state index is -0.241. The molecule has 4 N–H and O–H groups in total. The third kappa shape index (κ3) is 5.71. The minimum absolute atomic E-state index is 0.127. The lowest BCUT2D eigenvalue weighted by molar-refractivity contribution is -0.116. The van der Waals surface area contributed by atoms with Crippen molar-refractivity contribution in [1.82, 2.24) is 4.98 Å². The molecule has 0 atom stereocenters. The molecule has 0 spiro atoms. The number of methoxy groups -OCH3 is 1. The number of thiazole rings is 1.